The average Bonchev–Trinajstić information content (AvgIpc) is 2.88. The molecule has 2 aromatic rings. The topological polar surface area (TPSA) is 70.1 Å². The van der Waals surface area contributed by atoms with Gasteiger partial charge in [0.25, 0.3) is 5.91 Å². The third-order valence-corrected chi connectivity index (χ3v) is 2.70. The first-order chi connectivity index (χ1) is 8.15. The summed E-state index contributed by atoms with van der Waals surface area (Å²) < 4.78 is 12.6. The lowest BCUT2D eigenvalue weighted by atomic mass is 10.4. The summed E-state index contributed by atoms with van der Waals surface area (Å²) in [5.41, 5.74) is 3.35. The van der Waals surface area contributed by atoms with Crippen LogP contribution in [0.4, 0.5) is 4.39 Å². The van der Waals surface area contributed by atoms with Crippen LogP contribution in [0.1, 0.15) is 21.1 Å². The molecule has 2 heterocycles. The molecule has 0 radical (unpaired) electrons. The highest BCUT2D eigenvalue weighted by atomic mass is 32.1. The molecule has 0 aromatic carbocycles. The van der Waals surface area contributed by atoms with Gasteiger partial charge >= 0.3 is 0 Å². The van der Waals surface area contributed by atoms with E-state index < -0.39 is 5.91 Å². The molecule has 1 amide bonds. The van der Waals surface area contributed by atoms with Crippen molar-refractivity contribution < 1.29 is 9.18 Å². The van der Waals surface area contributed by atoms with E-state index in [0.29, 0.717) is 4.88 Å². The molecule has 0 aliphatic carbocycles. The molecule has 0 aliphatic heterocycles. The number of hydrogen-bond acceptors (Lipinski definition) is 4. The third kappa shape index (κ3) is 2.97. The Labute approximate surface area is 100 Å². The Morgan fingerprint density at radius 3 is 3.06 bits per heavy atom. The van der Waals surface area contributed by atoms with E-state index >= 15 is 0 Å². The number of nitrogens with one attached hydrogen (secondary N) is 2. The fourth-order valence-corrected chi connectivity index (χ4v) is 1.75. The van der Waals surface area contributed by atoms with Crippen LogP contribution in [0, 0.1) is 12.1 Å². The van der Waals surface area contributed by atoms with E-state index in [1.165, 1.54) is 12.3 Å². The fourth-order valence-electron chi connectivity index (χ4n) is 1.14. The Balaban J connectivity index is 1.94. The Bertz CT molecular complexity index is 560. The lowest BCUT2D eigenvalue weighted by Crippen LogP contribution is -2.17. The van der Waals surface area contributed by atoms with Gasteiger partial charge in [0.2, 0.25) is 0 Å². The van der Waals surface area contributed by atoms with E-state index in [9.17, 15) is 9.18 Å². The van der Waals surface area contributed by atoms with Crippen LogP contribution in [0.2, 0.25) is 0 Å². The zero-order valence-corrected chi connectivity index (χ0v) is 9.71. The van der Waals surface area contributed by atoms with Gasteiger partial charge in [-0.25, -0.2) is 5.43 Å². The van der Waals surface area contributed by atoms with Crippen LogP contribution in [0.3, 0.4) is 0 Å². The van der Waals surface area contributed by atoms with Gasteiger partial charge in [-0.3, -0.25) is 9.89 Å². The van der Waals surface area contributed by atoms with Crippen molar-refractivity contribution in [2.75, 3.05) is 0 Å². The van der Waals surface area contributed by atoms with Crippen molar-refractivity contribution in [3.05, 3.63) is 39.6 Å². The molecule has 5 nitrogen and oxygen atoms in total. The largest absolute Gasteiger partial charge is 0.291 e. The number of H-pyrrole nitrogens is 1. The molecule has 0 unspecified atom stereocenters. The number of carbonyl (C=O) groups excluding carboxylic acids is 1. The van der Waals surface area contributed by atoms with Crippen LogP contribution in [-0.4, -0.2) is 22.3 Å². The predicted octanol–water partition coefficient (Wildman–Crippen LogP) is 1.68. The minimum atomic E-state index is -0.414. The number of halogens is 1. The first-order valence-corrected chi connectivity index (χ1v) is 5.57. The van der Waals surface area contributed by atoms with Gasteiger partial charge in [0.15, 0.2) is 10.8 Å². The second-order valence-electron chi connectivity index (χ2n) is 3.28. The molecule has 0 aliphatic rings. The molecule has 7 heteroatoms. The highest BCUT2D eigenvalue weighted by Crippen LogP contribution is 2.11. The van der Waals surface area contributed by atoms with E-state index in [-0.39, 0.29) is 10.8 Å². The monoisotopic (exact) mass is 252 g/mol. The van der Waals surface area contributed by atoms with Crippen molar-refractivity contribution in [1.82, 2.24) is 15.6 Å². The molecule has 88 valence electrons. The minimum Gasteiger partial charge on any atom is -0.282 e. The van der Waals surface area contributed by atoms with Crippen molar-refractivity contribution in [3.8, 4) is 0 Å². The predicted molar refractivity (Wildman–Crippen MR) is 62.7 cm³/mol. The van der Waals surface area contributed by atoms with Crippen LogP contribution in [-0.2, 0) is 0 Å². The highest BCUT2D eigenvalue weighted by Gasteiger charge is 2.07. The van der Waals surface area contributed by atoms with Gasteiger partial charge in [-0.2, -0.15) is 14.6 Å². The Morgan fingerprint density at radius 1 is 1.65 bits per heavy atom. The molecule has 0 bridgehead atoms. The number of aromatic nitrogens is 2. The number of carbonyl (C=O) groups is 1. The average molecular weight is 252 g/mol. The number of nitrogens with zero attached hydrogens (tertiary/aromatic N) is 2. The zero-order valence-electron chi connectivity index (χ0n) is 8.90. The van der Waals surface area contributed by atoms with Crippen molar-refractivity contribution in [1.29, 1.82) is 0 Å². The van der Waals surface area contributed by atoms with Crippen LogP contribution in [0.5, 0.6) is 0 Å². The van der Waals surface area contributed by atoms with Crippen LogP contribution in [0.25, 0.3) is 0 Å². The number of aromatic amines is 1. The van der Waals surface area contributed by atoms with Gasteiger partial charge in [0.1, 0.15) is 0 Å². The zero-order chi connectivity index (χ0) is 12.3. The summed E-state index contributed by atoms with van der Waals surface area (Å²) in [5.74, 6) is -0.414. The molecule has 2 N–H and O–H groups in total. The number of hydrogen-bond donors (Lipinski definition) is 2. The molecule has 0 atom stereocenters. The van der Waals surface area contributed by atoms with Crippen molar-refractivity contribution in [2.24, 2.45) is 5.10 Å². The van der Waals surface area contributed by atoms with E-state index in [0.717, 1.165) is 17.0 Å². The molecule has 2 rings (SSSR count). The van der Waals surface area contributed by atoms with Crippen molar-refractivity contribution >= 4 is 23.5 Å². The second-order valence-corrected chi connectivity index (χ2v) is 4.34. The van der Waals surface area contributed by atoms with Crippen molar-refractivity contribution in [3.63, 3.8) is 0 Å². The maximum Gasteiger partial charge on any atom is 0.291 e. The summed E-state index contributed by atoms with van der Waals surface area (Å²) in [6, 6.07) is 4.52. The fraction of sp³-hybridized carbons (Fsp3) is 0.100. The standard InChI is InChI=1S/C10H9FN4OS/c1-6-4-8(14-13-6)10(16)15-12-5-7-2-3-9(11)17-7/h2-5H,1H3,(H,13,14)(H,15,16)/b12-5+. The van der Waals surface area contributed by atoms with Crippen molar-refractivity contribution in [2.45, 2.75) is 6.92 Å². The van der Waals surface area contributed by atoms with Gasteiger partial charge < -0.3 is 0 Å². The first-order valence-electron chi connectivity index (χ1n) is 4.76. The smallest absolute Gasteiger partial charge is 0.282 e. The number of amides is 1. The van der Waals surface area contributed by atoms with E-state index in [4.69, 9.17) is 0 Å². The number of hydrazone groups is 1. The summed E-state index contributed by atoms with van der Waals surface area (Å²) >= 11 is 0.950. The number of thiophene rings is 1. The quantitative estimate of drug-likeness (QED) is 0.644. The van der Waals surface area contributed by atoms with Crippen LogP contribution in [0.15, 0.2) is 23.3 Å². The van der Waals surface area contributed by atoms with Gasteiger partial charge in [0.05, 0.1) is 11.1 Å². The summed E-state index contributed by atoms with van der Waals surface area (Å²) in [5, 5.41) is 9.84. The third-order valence-electron chi connectivity index (χ3n) is 1.89. The maximum atomic E-state index is 12.6. The molecule has 2 aromatic heterocycles. The van der Waals surface area contributed by atoms with Gasteiger partial charge in [-0.05, 0) is 25.1 Å². The Hall–Kier alpha value is -2.02. The molecular formula is C10H9FN4OS. The SMILES string of the molecule is Cc1cc(C(=O)N/N=C/c2ccc(F)s2)n[nH]1. The molecule has 0 saturated heterocycles. The maximum absolute atomic E-state index is 12.6. The number of aryl methyl sites for hydroxylation is 1. The molecular weight excluding hydrogens is 243 g/mol. The Kier molecular flexibility index (Phi) is 3.29. The van der Waals surface area contributed by atoms with E-state index in [2.05, 4.69) is 20.7 Å². The number of rotatable bonds is 3. The molecule has 0 spiro atoms. The van der Waals surface area contributed by atoms with E-state index in [1.807, 2.05) is 0 Å². The molecule has 17 heavy (non-hydrogen) atoms. The van der Waals surface area contributed by atoms with E-state index in [1.54, 1.807) is 19.1 Å². The van der Waals surface area contributed by atoms with Crippen LogP contribution >= 0.6 is 11.3 Å². The van der Waals surface area contributed by atoms with Gasteiger partial charge in [-0.1, -0.05) is 0 Å². The van der Waals surface area contributed by atoms with Gasteiger partial charge in [-0.15, -0.1) is 11.3 Å². The highest BCUT2D eigenvalue weighted by molar-refractivity contribution is 7.12. The minimum absolute atomic E-state index is 0.261. The van der Waals surface area contributed by atoms with Crippen LogP contribution < -0.4 is 5.43 Å². The lowest BCUT2D eigenvalue weighted by molar-refractivity contribution is 0.0950. The van der Waals surface area contributed by atoms with Gasteiger partial charge in [0, 0.05) is 5.69 Å². The second kappa shape index (κ2) is 4.88. The first kappa shape index (κ1) is 11.5. The summed E-state index contributed by atoms with van der Waals surface area (Å²) in [6.45, 7) is 1.79. The Morgan fingerprint density at radius 2 is 2.47 bits per heavy atom. The summed E-state index contributed by atoms with van der Waals surface area (Å²) in [6.07, 6.45) is 1.38. The summed E-state index contributed by atoms with van der Waals surface area (Å²) in [7, 11) is 0. The lowest BCUT2D eigenvalue weighted by Gasteiger charge is -1.93. The summed E-state index contributed by atoms with van der Waals surface area (Å²) in [4.78, 5) is 12.1. The molecule has 0 fully saturated rings. The normalized spacial score (nSPS) is 10.9. The molecule has 0 saturated carbocycles.